The van der Waals surface area contributed by atoms with Crippen LogP contribution in [-0.4, -0.2) is 106 Å². The van der Waals surface area contributed by atoms with Gasteiger partial charge in [0.05, 0.1) is 68.8 Å². The van der Waals surface area contributed by atoms with Crippen LogP contribution < -0.4 is 9.80 Å². The quantitative estimate of drug-likeness (QED) is 0.0161. The lowest BCUT2D eigenvalue weighted by atomic mass is 10.0. The van der Waals surface area contributed by atoms with E-state index in [1.807, 2.05) is 119 Å². The van der Waals surface area contributed by atoms with Crippen LogP contribution in [0, 0.1) is 0 Å². The summed E-state index contributed by atoms with van der Waals surface area (Å²) in [4.78, 5) is 115. The Hall–Kier alpha value is -10.4. The summed E-state index contributed by atoms with van der Waals surface area (Å²) in [5.41, 5.74) is 9.47. The number of carbonyl (C=O) groups excluding carboxylic acids is 9. The van der Waals surface area contributed by atoms with Crippen molar-refractivity contribution in [1.29, 1.82) is 0 Å². The summed E-state index contributed by atoms with van der Waals surface area (Å²) in [6.07, 6.45) is 1.07. The largest absolute Gasteiger partial charge is 0.463 e. The van der Waals surface area contributed by atoms with Crippen LogP contribution in [0.1, 0.15) is 61.1 Å². The van der Waals surface area contributed by atoms with E-state index in [0.717, 1.165) is 45.3 Å². The normalized spacial score (nSPS) is 10.5. The average Bonchev–Trinajstić information content (AvgIpc) is 3.67. The summed E-state index contributed by atoms with van der Waals surface area (Å²) in [5.74, 6) is -6.29. The van der Waals surface area contributed by atoms with Crippen LogP contribution in [0.4, 0.5) is 34.1 Å². The summed E-state index contributed by atoms with van der Waals surface area (Å²) in [6, 6.07) is 45.5. The van der Waals surface area contributed by atoms with Crippen molar-refractivity contribution >= 4 is 87.7 Å². The molecule has 0 bridgehead atoms. The lowest BCUT2D eigenvalue weighted by Gasteiger charge is -2.26. The van der Waals surface area contributed by atoms with E-state index < -0.39 is 60.1 Å². The molecular formula is C69H70N2O17. The average molecular weight is 1200 g/mol. The standard InChI is InChI=1S/C69H70N2O17/c1-8-81-66(77)46(5)42-85-62(73)38-51-18-30-57(31-19-51)70(58-32-20-52(21-33-58)39-63(74)86-43-47(6)67(78)82-9-2)55-26-14-49(15-27-55)12-13-50-16-28-56(29-17-50)71(59-34-22-53(23-35-59)40-64(75)87-44-48(7)68(79)83-10-3)60-36-24-54(25-37-60)41-65(76)88-45-61(72)69(80)84-11-4/h14-37H,5-13,38-45H2,1-4H3. The third kappa shape index (κ3) is 20.7. The second-order valence-electron chi connectivity index (χ2n) is 19.6. The monoisotopic (exact) mass is 1200 g/mol. The van der Waals surface area contributed by atoms with Gasteiger partial charge >= 0.3 is 47.8 Å². The van der Waals surface area contributed by atoms with Gasteiger partial charge in [-0.1, -0.05) is 92.5 Å². The summed E-state index contributed by atoms with van der Waals surface area (Å²) >= 11 is 0. The lowest BCUT2D eigenvalue weighted by Crippen LogP contribution is -2.24. The molecule has 0 unspecified atom stereocenters. The number of esters is 8. The van der Waals surface area contributed by atoms with Gasteiger partial charge in [-0.25, -0.2) is 19.2 Å². The molecular weight excluding hydrogens is 1130 g/mol. The molecule has 19 heteroatoms. The fourth-order valence-electron chi connectivity index (χ4n) is 8.52. The van der Waals surface area contributed by atoms with Gasteiger partial charge in [-0.2, -0.15) is 0 Å². The van der Waals surface area contributed by atoms with Gasteiger partial charge in [0, 0.05) is 34.1 Å². The van der Waals surface area contributed by atoms with Crippen LogP contribution in [0.25, 0.3) is 0 Å². The van der Waals surface area contributed by atoms with E-state index in [0.29, 0.717) is 35.1 Å². The minimum Gasteiger partial charge on any atom is -0.463 e. The Morgan fingerprint density at radius 3 is 0.716 bits per heavy atom. The fourth-order valence-corrected chi connectivity index (χ4v) is 8.52. The van der Waals surface area contributed by atoms with Gasteiger partial charge in [0.1, 0.15) is 19.8 Å². The Balaban J connectivity index is 1.18. The Kier molecular flexibility index (Phi) is 25.7. The molecule has 6 rings (SSSR count). The van der Waals surface area contributed by atoms with E-state index in [9.17, 15) is 43.2 Å². The molecule has 0 aliphatic rings. The van der Waals surface area contributed by atoms with E-state index >= 15 is 0 Å². The number of nitrogens with zero attached hydrogens (tertiary/aromatic N) is 2. The molecule has 0 amide bonds. The molecule has 6 aromatic carbocycles. The summed E-state index contributed by atoms with van der Waals surface area (Å²) in [7, 11) is 0. The zero-order valence-corrected chi connectivity index (χ0v) is 49.7. The van der Waals surface area contributed by atoms with Crippen molar-refractivity contribution in [3.8, 4) is 0 Å². The van der Waals surface area contributed by atoms with Crippen molar-refractivity contribution < 1.29 is 81.0 Å². The minimum absolute atomic E-state index is 0.0122. The topological polar surface area (TPSA) is 234 Å². The van der Waals surface area contributed by atoms with E-state index in [2.05, 4.69) is 36.6 Å². The SMILES string of the molecule is C=C(COC(=O)Cc1ccc(N(c2ccc(CCc3ccc(N(c4ccc(CC(=O)OCC(=C)C(=O)OCC)cc4)c4ccc(CC(=O)OCC(=O)C(=O)OCC)cc4)cc3)cc2)c2ccc(CC(=O)OCC(=C)C(=O)OCC)cc2)cc1)C(=O)OCC. The predicted molar refractivity (Wildman–Crippen MR) is 327 cm³/mol. The van der Waals surface area contributed by atoms with Crippen molar-refractivity contribution in [2.45, 2.75) is 66.2 Å². The Labute approximate surface area is 511 Å². The second-order valence-corrected chi connectivity index (χ2v) is 19.6. The number of hydrogen-bond acceptors (Lipinski definition) is 19. The van der Waals surface area contributed by atoms with Crippen LogP contribution in [0.5, 0.6) is 0 Å². The molecule has 19 nitrogen and oxygen atoms in total. The number of aryl methyl sites for hydroxylation is 2. The Bertz CT molecular complexity index is 3030. The molecule has 0 spiro atoms. The van der Waals surface area contributed by atoms with Crippen LogP contribution in [0.15, 0.2) is 182 Å². The van der Waals surface area contributed by atoms with E-state index in [4.69, 9.17) is 33.2 Å². The highest BCUT2D eigenvalue weighted by Crippen LogP contribution is 2.37. The maximum atomic E-state index is 12.8. The first kappa shape index (κ1) is 66.7. The first-order valence-electron chi connectivity index (χ1n) is 28.4. The van der Waals surface area contributed by atoms with Crippen LogP contribution in [-0.2, 0) is 120 Å². The molecule has 0 radical (unpaired) electrons. The molecule has 0 aliphatic carbocycles. The smallest absolute Gasteiger partial charge is 0.378 e. The molecule has 88 heavy (non-hydrogen) atoms. The summed E-state index contributed by atoms with van der Waals surface area (Å²) in [6.45, 7) is 16.4. The third-order valence-electron chi connectivity index (χ3n) is 13.0. The first-order valence-corrected chi connectivity index (χ1v) is 28.4. The highest BCUT2D eigenvalue weighted by atomic mass is 16.6. The van der Waals surface area contributed by atoms with E-state index in [1.54, 1.807) is 52.0 Å². The molecule has 0 heterocycles. The summed E-state index contributed by atoms with van der Waals surface area (Å²) < 4.78 is 40.4. The minimum atomic E-state index is -1.07. The highest BCUT2D eigenvalue weighted by molar-refractivity contribution is 6.34. The number of anilines is 6. The molecule has 0 saturated carbocycles. The number of hydrogen-bond donors (Lipinski definition) is 0. The van der Waals surface area contributed by atoms with Crippen molar-refractivity contribution in [2.75, 3.05) is 62.7 Å². The lowest BCUT2D eigenvalue weighted by molar-refractivity contribution is -0.158. The molecule has 0 aromatic heterocycles. The number of Topliss-reactive ketones (excluding diaryl/α,β-unsaturated/α-hetero) is 1. The van der Waals surface area contributed by atoms with Crippen molar-refractivity contribution in [3.63, 3.8) is 0 Å². The van der Waals surface area contributed by atoms with Crippen molar-refractivity contribution in [1.82, 2.24) is 0 Å². The van der Waals surface area contributed by atoms with Crippen LogP contribution in [0.3, 0.4) is 0 Å². The van der Waals surface area contributed by atoms with Gasteiger partial charge in [0.2, 0.25) is 0 Å². The molecule has 0 saturated heterocycles. The van der Waals surface area contributed by atoms with Crippen molar-refractivity contribution in [2.24, 2.45) is 0 Å². The first-order chi connectivity index (χ1) is 42.4. The highest BCUT2D eigenvalue weighted by Gasteiger charge is 2.21. The van der Waals surface area contributed by atoms with Gasteiger partial charge < -0.3 is 47.7 Å². The van der Waals surface area contributed by atoms with Gasteiger partial charge in [-0.05, 0) is 147 Å². The number of ketones is 1. The van der Waals surface area contributed by atoms with Crippen LogP contribution in [0.2, 0.25) is 0 Å². The van der Waals surface area contributed by atoms with Crippen LogP contribution >= 0.6 is 0 Å². The summed E-state index contributed by atoms with van der Waals surface area (Å²) in [5, 5.41) is 0. The van der Waals surface area contributed by atoms with Gasteiger partial charge in [0.15, 0.2) is 6.61 Å². The Morgan fingerprint density at radius 2 is 0.489 bits per heavy atom. The van der Waals surface area contributed by atoms with E-state index in [-0.39, 0.29) is 88.7 Å². The number of benzene rings is 6. The van der Waals surface area contributed by atoms with E-state index in [1.165, 1.54) is 0 Å². The molecule has 0 aliphatic heterocycles. The second kappa shape index (κ2) is 33.9. The third-order valence-corrected chi connectivity index (χ3v) is 13.0. The molecule has 6 aromatic rings. The molecule has 0 N–H and O–H groups in total. The molecule has 0 atom stereocenters. The number of rotatable bonds is 33. The van der Waals surface area contributed by atoms with Gasteiger partial charge in [0.25, 0.3) is 5.78 Å². The maximum Gasteiger partial charge on any atom is 0.378 e. The predicted octanol–water partition coefficient (Wildman–Crippen LogP) is 10.2. The number of ether oxygens (including phenoxy) is 8. The fraction of sp³-hybridized carbons (Fsp3) is 0.261. The van der Waals surface area contributed by atoms with Gasteiger partial charge in [-0.15, -0.1) is 0 Å². The zero-order chi connectivity index (χ0) is 63.5. The Morgan fingerprint density at radius 1 is 0.284 bits per heavy atom. The number of carbonyl (C=O) groups is 9. The molecule has 0 fully saturated rings. The van der Waals surface area contributed by atoms with Crippen molar-refractivity contribution in [3.05, 3.63) is 215 Å². The maximum absolute atomic E-state index is 12.8. The molecule has 458 valence electrons. The zero-order valence-electron chi connectivity index (χ0n) is 49.7. The van der Waals surface area contributed by atoms with Gasteiger partial charge in [-0.3, -0.25) is 24.0 Å².